The fourth-order valence-corrected chi connectivity index (χ4v) is 2.77. The molecule has 0 aromatic rings. The van der Waals surface area contributed by atoms with Crippen LogP contribution in [0.3, 0.4) is 0 Å². The minimum atomic E-state index is 0.222. The predicted octanol–water partition coefficient (Wildman–Crippen LogP) is 2.51. The first-order valence-electron chi connectivity index (χ1n) is 5.41. The highest BCUT2D eigenvalue weighted by molar-refractivity contribution is 8.00. The monoisotopic (exact) mass is 216 g/mol. The second-order valence-electron chi connectivity index (χ2n) is 3.99. The van der Waals surface area contributed by atoms with Gasteiger partial charge in [-0.15, -0.1) is 11.8 Å². The van der Waals surface area contributed by atoms with E-state index in [0.29, 0.717) is 22.9 Å². The molecule has 14 heavy (non-hydrogen) atoms. The van der Waals surface area contributed by atoms with Crippen LogP contribution in [0.4, 0.5) is 0 Å². The standard InChI is InChI=1S/C11H20O2S/c1-4-8(2)10(12)7-14-11-5-6-13-9(11)3/h8-9,11H,4-7H2,1-3H3. The summed E-state index contributed by atoms with van der Waals surface area (Å²) >= 11 is 1.77. The summed E-state index contributed by atoms with van der Waals surface area (Å²) in [5, 5.41) is 0.531. The zero-order valence-electron chi connectivity index (χ0n) is 9.29. The minimum absolute atomic E-state index is 0.222. The molecule has 3 heteroatoms. The van der Waals surface area contributed by atoms with Gasteiger partial charge in [-0.2, -0.15) is 0 Å². The SMILES string of the molecule is CCC(C)C(=O)CSC1CCOC1C. The van der Waals surface area contributed by atoms with Crippen molar-refractivity contribution >= 4 is 17.5 Å². The summed E-state index contributed by atoms with van der Waals surface area (Å²) in [6, 6.07) is 0. The van der Waals surface area contributed by atoms with Gasteiger partial charge in [-0.05, 0) is 19.8 Å². The summed E-state index contributed by atoms with van der Waals surface area (Å²) in [5.74, 6) is 1.27. The van der Waals surface area contributed by atoms with Gasteiger partial charge in [-0.1, -0.05) is 13.8 Å². The number of rotatable bonds is 5. The molecule has 1 rings (SSSR count). The van der Waals surface area contributed by atoms with E-state index < -0.39 is 0 Å². The summed E-state index contributed by atoms with van der Waals surface area (Å²) < 4.78 is 5.45. The topological polar surface area (TPSA) is 26.3 Å². The summed E-state index contributed by atoms with van der Waals surface area (Å²) in [4.78, 5) is 11.6. The van der Waals surface area contributed by atoms with E-state index in [9.17, 15) is 4.79 Å². The highest BCUT2D eigenvalue weighted by Crippen LogP contribution is 2.26. The third-order valence-electron chi connectivity index (χ3n) is 2.91. The van der Waals surface area contributed by atoms with Crippen LogP contribution in [-0.4, -0.2) is 29.5 Å². The van der Waals surface area contributed by atoms with Crippen molar-refractivity contribution < 1.29 is 9.53 Å². The number of ether oxygens (including phenoxy) is 1. The Morgan fingerprint density at radius 2 is 2.36 bits per heavy atom. The molecule has 1 fully saturated rings. The maximum absolute atomic E-state index is 11.6. The molecule has 0 amide bonds. The number of carbonyl (C=O) groups is 1. The third kappa shape index (κ3) is 3.28. The van der Waals surface area contributed by atoms with E-state index in [-0.39, 0.29) is 5.92 Å². The van der Waals surface area contributed by atoms with Crippen LogP contribution in [0.5, 0.6) is 0 Å². The number of carbonyl (C=O) groups excluding carboxylic acids is 1. The van der Waals surface area contributed by atoms with Crippen molar-refractivity contribution in [1.82, 2.24) is 0 Å². The number of Topliss-reactive ketones (excluding diaryl/α,β-unsaturated/α-hetero) is 1. The molecule has 0 saturated carbocycles. The molecule has 1 heterocycles. The Labute approximate surface area is 90.8 Å². The van der Waals surface area contributed by atoms with Gasteiger partial charge in [0.15, 0.2) is 0 Å². The van der Waals surface area contributed by atoms with Crippen molar-refractivity contribution in [2.24, 2.45) is 5.92 Å². The van der Waals surface area contributed by atoms with Gasteiger partial charge in [0.1, 0.15) is 5.78 Å². The normalized spacial score (nSPS) is 29.1. The molecule has 1 aliphatic heterocycles. The molecule has 82 valence electrons. The van der Waals surface area contributed by atoms with Crippen LogP contribution in [0.15, 0.2) is 0 Å². The van der Waals surface area contributed by atoms with Gasteiger partial charge >= 0.3 is 0 Å². The van der Waals surface area contributed by atoms with Crippen LogP contribution >= 0.6 is 11.8 Å². The van der Waals surface area contributed by atoms with Crippen LogP contribution < -0.4 is 0 Å². The number of thioether (sulfide) groups is 1. The van der Waals surface area contributed by atoms with E-state index in [4.69, 9.17) is 4.74 Å². The first-order chi connectivity index (χ1) is 6.65. The second kappa shape index (κ2) is 5.76. The van der Waals surface area contributed by atoms with E-state index in [1.54, 1.807) is 11.8 Å². The number of ketones is 1. The van der Waals surface area contributed by atoms with Crippen molar-refractivity contribution in [2.75, 3.05) is 12.4 Å². The first-order valence-corrected chi connectivity index (χ1v) is 6.46. The van der Waals surface area contributed by atoms with Crippen LogP contribution in [0, 0.1) is 5.92 Å². The molecule has 0 aromatic heterocycles. The molecule has 1 aliphatic rings. The van der Waals surface area contributed by atoms with E-state index in [1.807, 2.05) is 6.92 Å². The lowest BCUT2D eigenvalue weighted by molar-refractivity contribution is -0.119. The molecule has 0 aromatic carbocycles. The fourth-order valence-electron chi connectivity index (χ4n) is 1.49. The highest BCUT2D eigenvalue weighted by atomic mass is 32.2. The Morgan fingerprint density at radius 1 is 1.64 bits per heavy atom. The molecule has 0 aliphatic carbocycles. The quantitative estimate of drug-likeness (QED) is 0.706. The summed E-state index contributed by atoms with van der Waals surface area (Å²) in [6.07, 6.45) is 2.38. The molecular weight excluding hydrogens is 196 g/mol. The fraction of sp³-hybridized carbons (Fsp3) is 0.909. The Morgan fingerprint density at radius 3 is 2.86 bits per heavy atom. The van der Waals surface area contributed by atoms with Crippen molar-refractivity contribution in [3.8, 4) is 0 Å². The highest BCUT2D eigenvalue weighted by Gasteiger charge is 2.25. The number of hydrogen-bond acceptors (Lipinski definition) is 3. The third-order valence-corrected chi connectivity index (χ3v) is 4.41. The Bertz CT molecular complexity index is 194. The lowest BCUT2D eigenvalue weighted by atomic mass is 10.1. The van der Waals surface area contributed by atoms with Crippen molar-refractivity contribution in [1.29, 1.82) is 0 Å². The van der Waals surface area contributed by atoms with Gasteiger partial charge in [-0.25, -0.2) is 0 Å². The maximum Gasteiger partial charge on any atom is 0.145 e. The van der Waals surface area contributed by atoms with E-state index in [2.05, 4.69) is 13.8 Å². The zero-order chi connectivity index (χ0) is 10.6. The smallest absolute Gasteiger partial charge is 0.145 e. The van der Waals surface area contributed by atoms with Gasteiger partial charge in [0, 0.05) is 17.8 Å². The van der Waals surface area contributed by atoms with Crippen molar-refractivity contribution in [2.45, 2.75) is 45.0 Å². The summed E-state index contributed by atoms with van der Waals surface area (Å²) in [5.41, 5.74) is 0. The van der Waals surface area contributed by atoms with Crippen molar-refractivity contribution in [3.05, 3.63) is 0 Å². The van der Waals surface area contributed by atoms with Crippen LogP contribution in [0.25, 0.3) is 0 Å². The molecule has 1 saturated heterocycles. The second-order valence-corrected chi connectivity index (χ2v) is 5.22. The summed E-state index contributed by atoms with van der Waals surface area (Å²) in [7, 11) is 0. The lowest BCUT2D eigenvalue weighted by Gasteiger charge is -2.14. The summed E-state index contributed by atoms with van der Waals surface area (Å²) in [6.45, 7) is 7.03. The van der Waals surface area contributed by atoms with Crippen LogP contribution in [0.2, 0.25) is 0 Å². The Hall–Kier alpha value is -0.0200. The van der Waals surface area contributed by atoms with Crippen LogP contribution in [0.1, 0.15) is 33.6 Å². The molecule has 0 N–H and O–H groups in total. The molecule has 0 radical (unpaired) electrons. The molecule has 3 atom stereocenters. The first kappa shape index (κ1) is 12.1. The van der Waals surface area contributed by atoms with E-state index in [0.717, 1.165) is 19.4 Å². The van der Waals surface area contributed by atoms with Gasteiger partial charge in [0.05, 0.1) is 11.9 Å². The van der Waals surface area contributed by atoms with Gasteiger partial charge in [0.2, 0.25) is 0 Å². The predicted molar refractivity (Wildman–Crippen MR) is 60.7 cm³/mol. The van der Waals surface area contributed by atoms with E-state index >= 15 is 0 Å². The van der Waals surface area contributed by atoms with Crippen molar-refractivity contribution in [3.63, 3.8) is 0 Å². The number of hydrogen-bond donors (Lipinski definition) is 0. The van der Waals surface area contributed by atoms with Gasteiger partial charge in [0.25, 0.3) is 0 Å². The van der Waals surface area contributed by atoms with Gasteiger partial charge in [-0.3, -0.25) is 4.79 Å². The van der Waals surface area contributed by atoms with Gasteiger partial charge < -0.3 is 4.74 Å². The largest absolute Gasteiger partial charge is 0.377 e. The van der Waals surface area contributed by atoms with E-state index in [1.165, 1.54) is 0 Å². The molecular formula is C11H20O2S. The minimum Gasteiger partial charge on any atom is -0.377 e. The molecule has 3 unspecified atom stereocenters. The molecule has 2 nitrogen and oxygen atoms in total. The maximum atomic E-state index is 11.6. The Kier molecular flexibility index (Phi) is 4.96. The zero-order valence-corrected chi connectivity index (χ0v) is 10.1. The molecule has 0 spiro atoms. The Balaban J connectivity index is 2.22. The van der Waals surface area contributed by atoms with Crippen LogP contribution in [-0.2, 0) is 9.53 Å². The average molecular weight is 216 g/mol. The average Bonchev–Trinajstić information content (AvgIpc) is 2.59. The lowest BCUT2D eigenvalue weighted by Crippen LogP contribution is -2.19. The molecule has 0 bridgehead atoms.